The first-order valence-corrected chi connectivity index (χ1v) is 13.5. The predicted molar refractivity (Wildman–Crippen MR) is 145 cm³/mol. The molecule has 0 aliphatic heterocycles. The van der Waals surface area contributed by atoms with Crippen molar-refractivity contribution in [1.29, 1.82) is 0 Å². The predicted octanol–water partition coefficient (Wildman–Crippen LogP) is 5.05. The maximum Gasteiger partial charge on any atom is 0.255 e. The van der Waals surface area contributed by atoms with Gasteiger partial charge in [-0.15, -0.1) is 0 Å². The summed E-state index contributed by atoms with van der Waals surface area (Å²) in [4.78, 5) is 25.6. The molecule has 0 atom stereocenters. The summed E-state index contributed by atoms with van der Waals surface area (Å²) in [5.41, 5.74) is 3.95. The minimum absolute atomic E-state index is 0.140. The third kappa shape index (κ3) is 6.95. The normalized spacial score (nSPS) is 11.6. The van der Waals surface area contributed by atoms with Crippen LogP contribution in [0.15, 0.2) is 66.7 Å². The van der Waals surface area contributed by atoms with Crippen LogP contribution in [0.5, 0.6) is 0 Å². The molecule has 3 aromatic rings. The summed E-state index contributed by atoms with van der Waals surface area (Å²) < 4.78 is 26.5. The minimum atomic E-state index is -3.53. The number of carbonyl (C=O) groups excluding carboxylic acids is 2. The third-order valence-electron chi connectivity index (χ3n) is 5.48. The van der Waals surface area contributed by atoms with Gasteiger partial charge < -0.3 is 10.6 Å². The molecule has 0 aliphatic carbocycles. The van der Waals surface area contributed by atoms with Gasteiger partial charge in [-0.05, 0) is 81.6 Å². The van der Waals surface area contributed by atoms with Crippen molar-refractivity contribution in [3.8, 4) is 0 Å². The summed E-state index contributed by atoms with van der Waals surface area (Å²) in [6.45, 7) is 9.60. The van der Waals surface area contributed by atoms with Gasteiger partial charge >= 0.3 is 0 Å². The highest BCUT2D eigenvalue weighted by molar-refractivity contribution is 7.92. The Hall–Kier alpha value is -3.65. The molecule has 2 amide bonds. The Balaban J connectivity index is 1.80. The molecule has 0 aromatic heterocycles. The standard InChI is InChI=1S/C28H33N3O4S/c1-19-11-12-20(2)25(17-19)31(36(6,34)35)18-21-13-15-22(16-14-21)26(32)29-24-10-8-7-9-23(24)27(33)30-28(3,4)5/h7-17H,18H2,1-6H3,(H,29,32)(H,30,33). The fraction of sp³-hybridized carbons (Fsp3) is 0.286. The molecule has 7 nitrogen and oxygen atoms in total. The average molecular weight is 508 g/mol. The highest BCUT2D eigenvalue weighted by Crippen LogP contribution is 2.26. The summed E-state index contributed by atoms with van der Waals surface area (Å²) in [6, 6.07) is 19.3. The van der Waals surface area contributed by atoms with Gasteiger partial charge in [0.1, 0.15) is 0 Å². The van der Waals surface area contributed by atoms with Crippen molar-refractivity contribution in [2.24, 2.45) is 0 Å². The van der Waals surface area contributed by atoms with E-state index in [0.717, 1.165) is 16.7 Å². The number of para-hydroxylation sites is 1. The molecule has 0 aliphatic rings. The quantitative estimate of drug-likeness (QED) is 0.468. The van der Waals surface area contributed by atoms with Gasteiger partial charge in [0.15, 0.2) is 0 Å². The van der Waals surface area contributed by atoms with Gasteiger partial charge in [-0.2, -0.15) is 0 Å². The lowest BCUT2D eigenvalue weighted by Crippen LogP contribution is -2.40. The van der Waals surface area contributed by atoms with Crippen molar-refractivity contribution in [2.45, 2.75) is 46.7 Å². The number of rotatable bonds is 7. The van der Waals surface area contributed by atoms with Crippen molar-refractivity contribution in [1.82, 2.24) is 5.32 Å². The van der Waals surface area contributed by atoms with Crippen LogP contribution in [0.2, 0.25) is 0 Å². The molecule has 36 heavy (non-hydrogen) atoms. The summed E-state index contributed by atoms with van der Waals surface area (Å²) >= 11 is 0. The fourth-order valence-corrected chi connectivity index (χ4v) is 4.63. The van der Waals surface area contributed by atoms with Crippen molar-refractivity contribution in [2.75, 3.05) is 15.9 Å². The van der Waals surface area contributed by atoms with Crippen molar-refractivity contribution in [3.63, 3.8) is 0 Å². The van der Waals surface area contributed by atoms with Crippen molar-refractivity contribution in [3.05, 3.63) is 94.5 Å². The van der Waals surface area contributed by atoms with Crippen LogP contribution in [0.1, 0.15) is 58.2 Å². The Labute approximate surface area is 213 Å². The van der Waals surface area contributed by atoms with Crippen LogP contribution in [0.3, 0.4) is 0 Å². The first-order valence-electron chi connectivity index (χ1n) is 11.6. The molecule has 0 heterocycles. The molecule has 3 rings (SSSR count). The Morgan fingerprint density at radius 1 is 0.889 bits per heavy atom. The number of aryl methyl sites for hydroxylation is 2. The molecule has 8 heteroatoms. The Bertz CT molecular complexity index is 1370. The largest absolute Gasteiger partial charge is 0.347 e. The molecule has 0 radical (unpaired) electrons. The second kappa shape index (κ2) is 10.5. The van der Waals surface area contributed by atoms with Gasteiger partial charge in [0, 0.05) is 11.1 Å². The zero-order valence-electron chi connectivity index (χ0n) is 21.5. The highest BCUT2D eigenvalue weighted by atomic mass is 32.2. The molecule has 3 aromatic carbocycles. The highest BCUT2D eigenvalue weighted by Gasteiger charge is 2.21. The van der Waals surface area contributed by atoms with Crippen LogP contribution in [0.4, 0.5) is 11.4 Å². The molecule has 2 N–H and O–H groups in total. The van der Waals surface area contributed by atoms with Crippen molar-refractivity contribution >= 4 is 33.2 Å². The SMILES string of the molecule is Cc1ccc(C)c(N(Cc2ccc(C(=O)Nc3ccccc3C(=O)NC(C)(C)C)cc2)S(C)(=O)=O)c1. The van der Waals surface area contributed by atoms with Crippen molar-refractivity contribution < 1.29 is 18.0 Å². The average Bonchev–Trinajstić information content (AvgIpc) is 2.78. The van der Waals surface area contributed by atoms with Crippen LogP contribution in [0, 0.1) is 13.8 Å². The van der Waals surface area contributed by atoms with Crippen LogP contribution < -0.4 is 14.9 Å². The van der Waals surface area contributed by atoms with Crippen LogP contribution >= 0.6 is 0 Å². The van der Waals surface area contributed by atoms with E-state index < -0.39 is 15.6 Å². The lowest BCUT2D eigenvalue weighted by atomic mass is 10.1. The van der Waals surface area contributed by atoms with E-state index in [1.807, 2.05) is 52.8 Å². The number of hydrogen-bond acceptors (Lipinski definition) is 4. The summed E-state index contributed by atoms with van der Waals surface area (Å²) in [6.07, 6.45) is 1.18. The van der Waals surface area contributed by atoms with Crippen LogP contribution in [-0.4, -0.2) is 32.0 Å². The number of amides is 2. The maximum absolute atomic E-state index is 12.9. The zero-order chi connectivity index (χ0) is 26.7. The van der Waals surface area contributed by atoms with Crippen LogP contribution in [0.25, 0.3) is 0 Å². The Kier molecular flexibility index (Phi) is 7.89. The third-order valence-corrected chi connectivity index (χ3v) is 6.61. The number of benzene rings is 3. The minimum Gasteiger partial charge on any atom is -0.347 e. The second-order valence-corrected chi connectivity index (χ2v) is 11.9. The van der Waals surface area contributed by atoms with E-state index in [2.05, 4.69) is 10.6 Å². The van der Waals surface area contributed by atoms with Gasteiger partial charge in [-0.3, -0.25) is 13.9 Å². The number of anilines is 2. The molecule has 0 saturated heterocycles. The summed E-state index contributed by atoms with van der Waals surface area (Å²) in [5, 5.41) is 5.71. The topological polar surface area (TPSA) is 95.6 Å². The first kappa shape index (κ1) is 26.9. The first-order chi connectivity index (χ1) is 16.7. The van der Waals surface area contributed by atoms with E-state index in [1.54, 1.807) is 48.5 Å². The van der Waals surface area contributed by atoms with E-state index in [1.165, 1.54) is 10.6 Å². The van der Waals surface area contributed by atoms with Gasteiger partial charge in [0.2, 0.25) is 10.0 Å². The molecular weight excluding hydrogens is 474 g/mol. The van der Waals surface area contributed by atoms with E-state index in [4.69, 9.17) is 0 Å². The summed E-state index contributed by atoms with van der Waals surface area (Å²) in [7, 11) is -3.53. The maximum atomic E-state index is 12.9. The lowest BCUT2D eigenvalue weighted by molar-refractivity contribution is 0.0920. The smallest absolute Gasteiger partial charge is 0.255 e. The zero-order valence-corrected chi connectivity index (χ0v) is 22.4. The number of carbonyl (C=O) groups is 2. The molecule has 0 bridgehead atoms. The van der Waals surface area contributed by atoms with Gasteiger partial charge in [0.25, 0.3) is 11.8 Å². The van der Waals surface area contributed by atoms with Gasteiger partial charge in [-0.25, -0.2) is 8.42 Å². The van der Waals surface area contributed by atoms with E-state index in [-0.39, 0.29) is 18.4 Å². The van der Waals surface area contributed by atoms with E-state index >= 15 is 0 Å². The number of hydrogen-bond donors (Lipinski definition) is 2. The molecular formula is C28H33N3O4S. The van der Waals surface area contributed by atoms with Gasteiger partial charge in [0.05, 0.1) is 29.7 Å². The Morgan fingerprint density at radius 2 is 1.53 bits per heavy atom. The van der Waals surface area contributed by atoms with Gasteiger partial charge in [-0.1, -0.05) is 36.4 Å². The Morgan fingerprint density at radius 3 is 2.14 bits per heavy atom. The molecule has 190 valence electrons. The second-order valence-electron chi connectivity index (χ2n) is 9.96. The number of nitrogens with zero attached hydrogens (tertiary/aromatic N) is 1. The van der Waals surface area contributed by atoms with Crippen LogP contribution in [-0.2, 0) is 16.6 Å². The lowest BCUT2D eigenvalue weighted by Gasteiger charge is -2.25. The summed E-state index contributed by atoms with van der Waals surface area (Å²) in [5.74, 6) is -0.645. The monoisotopic (exact) mass is 507 g/mol. The molecule has 0 unspecified atom stereocenters. The number of sulfonamides is 1. The van der Waals surface area contributed by atoms with E-state index in [9.17, 15) is 18.0 Å². The molecule has 0 fully saturated rings. The fourth-order valence-electron chi connectivity index (χ4n) is 3.69. The number of nitrogens with one attached hydrogen (secondary N) is 2. The van der Waals surface area contributed by atoms with E-state index in [0.29, 0.717) is 22.5 Å². The molecule has 0 saturated carbocycles. The molecule has 0 spiro atoms.